The Morgan fingerprint density at radius 1 is 1.46 bits per heavy atom. The Labute approximate surface area is 87.5 Å². The smallest absolute Gasteiger partial charge is 0.160 e. The number of aldehydes is 1. The van der Waals surface area contributed by atoms with Crippen LogP contribution in [0.4, 0.5) is 0 Å². The molecule has 0 aromatic carbocycles. The maximum Gasteiger partial charge on any atom is 0.160 e. The van der Waals surface area contributed by atoms with Gasteiger partial charge in [-0.3, -0.25) is 4.79 Å². The van der Waals surface area contributed by atoms with E-state index in [0.717, 1.165) is 16.9 Å². The lowest BCUT2D eigenvalue weighted by molar-refractivity contribution is 0.112. The van der Waals surface area contributed by atoms with Crippen LogP contribution in [0.5, 0.6) is 0 Å². The zero-order valence-corrected chi connectivity index (χ0v) is 9.80. The molecule has 0 amide bonds. The lowest BCUT2D eigenvalue weighted by atomic mass is 10.3. The SMILES string of the molecule is CC(C)(C)SCc1ccc(C=O)s1. The molecular formula is C10H14OS2. The van der Waals surface area contributed by atoms with Gasteiger partial charge in [0.15, 0.2) is 6.29 Å². The number of hydrogen-bond donors (Lipinski definition) is 0. The Morgan fingerprint density at radius 2 is 2.15 bits per heavy atom. The summed E-state index contributed by atoms with van der Waals surface area (Å²) in [5.41, 5.74) is 0. The highest BCUT2D eigenvalue weighted by Crippen LogP contribution is 2.29. The van der Waals surface area contributed by atoms with Crippen molar-refractivity contribution in [1.29, 1.82) is 0 Å². The van der Waals surface area contributed by atoms with Crippen molar-refractivity contribution in [2.45, 2.75) is 31.3 Å². The molecular weight excluding hydrogens is 200 g/mol. The molecule has 0 N–H and O–H groups in total. The van der Waals surface area contributed by atoms with Gasteiger partial charge in [-0.05, 0) is 12.1 Å². The molecule has 3 heteroatoms. The van der Waals surface area contributed by atoms with Gasteiger partial charge in [-0.15, -0.1) is 11.3 Å². The fraction of sp³-hybridized carbons (Fsp3) is 0.500. The van der Waals surface area contributed by atoms with Crippen LogP contribution in [0, 0.1) is 0 Å². The average molecular weight is 214 g/mol. The standard InChI is InChI=1S/C10H14OS2/c1-10(2,3)12-7-9-5-4-8(6-11)13-9/h4-6H,7H2,1-3H3. The quantitative estimate of drug-likeness (QED) is 0.715. The molecule has 0 saturated heterocycles. The van der Waals surface area contributed by atoms with Crippen LogP contribution in [0.2, 0.25) is 0 Å². The van der Waals surface area contributed by atoms with Gasteiger partial charge in [0.05, 0.1) is 4.88 Å². The number of carbonyl (C=O) groups is 1. The summed E-state index contributed by atoms with van der Waals surface area (Å²) in [7, 11) is 0. The van der Waals surface area contributed by atoms with Gasteiger partial charge in [0.2, 0.25) is 0 Å². The summed E-state index contributed by atoms with van der Waals surface area (Å²) >= 11 is 3.49. The molecule has 0 bridgehead atoms. The highest BCUT2D eigenvalue weighted by atomic mass is 32.2. The molecule has 1 aromatic rings. The van der Waals surface area contributed by atoms with E-state index < -0.39 is 0 Å². The molecule has 1 rings (SSSR count). The fourth-order valence-electron chi connectivity index (χ4n) is 0.823. The van der Waals surface area contributed by atoms with E-state index >= 15 is 0 Å². The van der Waals surface area contributed by atoms with Crippen molar-refractivity contribution in [2.75, 3.05) is 0 Å². The highest BCUT2D eigenvalue weighted by Gasteiger charge is 2.11. The van der Waals surface area contributed by atoms with Gasteiger partial charge in [-0.1, -0.05) is 20.8 Å². The van der Waals surface area contributed by atoms with E-state index in [1.807, 2.05) is 23.9 Å². The van der Waals surface area contributed by atoms with Gasteiger partial charge in [-0.25, -0.2) is 0 Å². The fourth-order valence-corrected chi connectivity index (χ4v) is 2.53. The van der Waals surface area contributed by atoms with E-state index in [1.54, 1.807) is 11.3 Å². The van der Waals surface area contributed by atoms with Crippen LogP contribution in [-0.4, -0.2) is 11.0 Å². The Hall–Kier alpha value is -0.280. The molecule has 0 radical (unpaired) electrons. The largest absolute Gasteiger partial charge is 0.297 e. The van der Waals surface area contributed by atoms with E-state index in [1.165, 1.54) is 4.88 Å². The molecule has 0 fully saturated rings. The zero-order chi connectivity index (χ0) is 9.90. The minimum absolute atomic E-state index is 0.297. The second-order valence-electron chi connectivity index (χ2n) is 3.82. The molecule has 1 nitrogen and oxygen atoms in total. The van der Waals surface area contributed by atoms with Crippen LogP contribution in [0.15, 0.2) is 12.1 Å². The highest BCUT2D eigenvalue weighted by molar-refractivity contribution is 7.99. The van der Waals surface area contributed by atoms with Crippen molar-refractivity contribution in [3.8, 4) is 0 Å². The summed E-state index contributed by atoms with van der Waals surface area (Å²) in [5.74, 6) is 1.00. The van der Waals surface area contributed by atoms with Crippen molar-refractivity contribution in [1.82, 2.24) is 0 Å². The maximum atomic E-state index is 10.4. The molecule has 0 saturated carbocycles. The van der Waals surface area contributed by atoms with E-state index in [0.29, 0.717) is 4.75 Å². The second kappa shape index (κ2) is 4.29. The molecule has 0 aliphatic heterocycles. The van der Waals surface area contributed by atoms with E-state index in [2.05, 4.69) is 20.8 Å². The number of thiophene rings is 1. The van der Waals surface area contributed by atoms with Crippen LogP contribution in [0.1, 0.15) is 35.3 Å². The molecule has 0 aliphatic carbocycles. The first-order valence-electron chi connectivity index (χ1n) is 4.19. The van der Waals surface area contributed by atoms with Crippen molar-refractivity contribution in [3.63, 3.8) is 0 Å². The summed E-state index contributed by atoms with van der Waals surface area (Å²) in [4.78, 5) is 12.5. The van der Waals surface area contributed by atoms with Gasteiger partial charge in [0, 0.05) is 15.4 Å². The Kier molecular flexibility index (Phi) is 3.56. The van der Waals surface area contributed by atoms with Gasteiger partial charge >= 0.3 is 0 Å². The second-order valence-corrected chi connectivity index (χ2v) is 6.82. The molecule has 1 aromatic heterocycles. The minimum atomic E-state index is 0.297. The van der Waals surface area contributed by atoms with Gasteiger partial charge in [-0.2, -0.15) is 11.8 Å². The third kappa shape index (κ3) is 3.96. The summed E-state index contributed by atoms with van der Waals surface area (Å²) in [6.45, 7) is 6.60. The predicted molar refractivity (Wildman–Crippen MR) is 60.8 cm³/mol. The van der Waals surface area contributed by atoms with Gasteiger partial charge in [0.1, 0.15) is 0 Å². The predicted octanol–water partition coefficient (Wildman–Crippen LogP) is 3.59. The van der Waals surface area contributed by atoms with Gasteiger partial charge < -0.3 is 0 Å². The third-order valence-corrected chi connectivity index (χ3v) is 3.96. The maximum absolute atomic E-state index is 10.4. The van der Waals surface area contributed by atoms with Crippen molar-refractivity contribution in [2.24, 2.45) is 0 Å². The topological polar surface area (TPSA) is 17.1 Å². The molecule has 0 aliphatic rings. The van der Waals surface area contributed by atoms with Crippen molar-refractivity contribution >= 4 is 29.4 Å². The average Bonchev–Trinajstić information content (AvgIpc) is 2.47. The molecule has 1 heterocycles. The first-order valence-corrected chi connectivity index (χ1v) is 5.99. The van der Waals surface area contributed by atoms with Crippen LogP contribution >= 0.6 is 23.1 Å². The first kappa shape index (κ1) is 10.8. The van der Waals surface area contributed by atoms with Crippen molar-refractivity contribution < 1.29 is 4.79 Å². The Balaban J connectivity index is 2.50. The molecule has 72 valence electrons. The lowest BCUT2D eigenvalue weighted by Crippen LogP contribution is -2.06. The third-order valence-electron chi connectivity index (χ3n) is 1.45. The molecule has 0 spiro atoms. The normalized spacial score (nSPS) is 11.6. The summed E-state index contributed by atoms with van der Waals surface area (Å²) in [6, 6.07) is 3.92. The van der Waals surface area contributed by atoms with Crippen molar-refractivity contribution in [3.05, 3.63) is 21.9 Å². The lowest BCUT2D eigenvalue weighted by Gasteiger charge is -2.16. The summed E-state index contributed by atoms with van der Waals surface area (Å²) in [6.07, 6.45) is 0.913. The summed E-state index contributed by atoms with van der Waals surface area (Å²) < 4.78 is 0.297. The number of carbonyl (C=O) groups excluding carboxylic acids is 1. The van der Waals surface area contributed by atoms with Crippen LogP contribution in [-0.2, 0) is 5.75 Å². The Bertz CT molecular complexity index is 283. The van der Waals surface area contributed by atoms with Crippen LogP contribution < -0.4 is 0 Å². The zero-order valence-electron chi connectivity index (χ0n) is 8.16. The van der Waals surface area contributed by atoms with E-state index in [9.17, 15) is 4.79 Å². The van der Waals surface area contributed by atoms with E-state index in [4.69, 9.17) is 0 Å². The van der Waals surface area contributed by atoms with Crippen LogP contribution in [0.25, 0.3) is 0 Å². The monoisotopic (exact) mass is 214 g/mol. The Morgan fingerprint density at radius 3 is 2.62 bits per heavy atom. The molecule has 13 heavy (non-hydrogen) atoms. The van der Waals surface area contributed by atoms with E-state index in [-0.39, 0.29) is 0 Å². The number of thioether (sulfide) groups is 1. The first-order chi connectivity index (χ1) is 6.01. The molecule has 0 unspecified atom stereocenters. The summed E-state index contributed by atoms with van der Waals surface area (Å²) in [5, 5.41) is 0. The van der Waals surface area contributed by atoms with Gasteiger partial charge in [0.25, 0.3) is 0 Å². The van der Waals surface area contributed by atoms with Crippen LogP contribution in [0.3, 0.4) is 0 Å². The molecule has 0 atom stereocenters. The number of rotatable bonds is 3. The number of hydrogen-bond acceptors (Lipinski definition) is 3. The minimum Gasteiger partial charge on any atom is -0.297 e.